The Morgan fingerprint density at radius 1 is 1.33 bits per heavy atom. The monoisotopic (exact) mass is 453 g/mol. The first kappa shape index (κ1) is 22.9. The van der Waals surface area contributed by atoms with Crippen LogP contribution in [-0.4, -0.2) is 73.9 Å². The Kier molecular flexibility index (Phi) is 11.8. The highest BCUT2D eigenvalue weighted by Gasteiger charge is 2.26. The molecule has 0 aromatic heterocycles. The zero-order chi connectivity index (χ0) is 17.2. The fourth-order valence-electron chi connectivity index (χ4n) is 2.62. The van der Waals surface area contributed by atoms with Crippen LogP contribution in [0, 0.1) is 0 Å². The molecule has 8 heteroatoms. The molecule has 1 rings (SSSR count). The molecule has 2 N–H and O–H groups in total. The molecule has 7 nitrogen and oxygen atoms in total. The average molecular weight is 453 g/mol. The van der Waals surface area contributed by atoms with E-state index in [0.717, 1.165) is 38.9 Å². The van der Waals surface area contributed by atoms with Crippen LogP contribution in [0.1, 0.15) is 39.5 Å². The molecule has 0 aromatic carbocycles. The number of hydrogen-bond acceptors (Lipinski definition) is 3. The number of hydrogen-bond donors (Lipinski definition) is 2. The SMILES string of the molecule is CCNC(=NCC(=O)N(C)C)NCCC(CC)N1CCCC1=O.I. The molecule has 140 valence electrons. The fraction of sp³-hybridized carbons (Fsp3) is 0.812. The van der Waals surface area contributed by atoms with Crippen LogP contribution in [0.3, 0.4) is 0 Å². The molecule has 0 radical (unpaired) electrons. The number of likely N-dealkylation sites (N-methyl/N-ethyl adjacent to an activating group) is 1. The maximum atomic E-state index is 11.8. The zero-order valence-electron chi connectivity index (χ0n) is 15.3. The summed E-state index contributed by atoms with van der Waals surface area (Å²) < 4.78 is 0. The molecule has 0 aliphatic carbocycles. The van der Waals surface area contributed by atoms with Gasteiger partial charge < -0.3 is 20.4 Å². The second-order valence-electron chi connectivity index (χ2n) is 5.95. The highest BCUT2D eigenvalue weighted by molar-refractivity contribution is 14.0. The first-order chi connectivity index (χ1) is 11.0. The van der Waals surface area contributed by atoms with Crippen LogP contribution < -0.4 is 10.6 Å². The third-order valence-electron chi connectivity index (χ3n) is 4.01. The maximum absolute atomic E-state index is 11.8. The van der Waals surface area contributed by atoms with E-state index in [9.17, 15) is 9.59 Å². The van der Waals surface area contributed by atoms with Gasteiger partial charge >= 0.3 is 0 Å². The van der Waals surface area contributed by atoms with Crippen LogP contribution in [0.5, 0.6) is 0 Å². The van der Waals surface area contributed by atoms with Crippen molar-refractivity contribution in [3.8, 4) is 0 Å². The van der Waals surface area contributed by atoms with Crippen LogP contribution in [0.25, 0.3) is 0 Å². The van der Waals surface area contributed by atoms with Gasteiger partial charge in [0.05, 0.1) is 0 Å². The Labute approximate surface area is 162 Å². The summed E-state index contributed by atoms with van der Waals surface area (Å²) >= 11 is 0. The van der Waals surface area contributed by atoms with Crippen LogP contribution in [-0.2, 0) is 9.59 Å². The molecule has 24 heavy (non-hydrogen) atoms. The number of carbonyl (C=O) groups is 2. The number of nitrogens with zero attached hydrogens (tertiary/aromatic N) is 3. The van der Waals surface area contributed by atoms with Crippen molar-refractivity contribution >= 4 is 41.8 Å². The highest BCUT2D eigenvalue weighted by atomic mass is 127. The minimum Gasteiger partial charge on any atom is -0.357 e. The fourth-order valence-corrected chi connectivity index (χ4v) is 2.62. The number of rotatable bonds is 8. The lowest BCUT2D eigenvalue weighted by atomic mass is 10.1. The molecule has 1 fully saturated rings. The predicted octanol–water partition coefficient (Wildman–Crippen LogP) is 1.04. The van der Waals surface area contributed by atoms with Crippen LogP contribution in [0.15, 0.2) is 4.99 Å². The van der Waals surface area contributed by atoms with Crippen LogP contribution in [0.4, 0.5) is 0 Å². The molecular formula is C16H32IN5O2. The molecule has 0 bridgehead atoms. The Morgan fingerprint density at radius 2 is 2.04 bits per heavy atom. The van der Waals surface area contributed by atoms with Gasteiger partial charge in [-0.05, 0) is 26.2 Å². The number of likely N-dealkylation sites (tertiary alicyclic amines) is 1. The minimum absolute atomic E-state index is 0. The van der Waals surface area contributed by atoms with Gasteiger partial charge in [-0.2, -0.15) is 0 Å². The van der Waals surface area contributed by atoms with Crippen LogP contribution in [0.2, 0.25) is 0 Å². The summed E-state index contributed by atoms with van der Waals surface area (Å²) in [6.45, 7) is 6.58. The van der Waals surface area contributed by atoms with Crippen molar-refractivity contribution in [1.29, 1.82) is 0 Å². The quantitative estimate of drug-likeness (QED) is 0.327. The molecule has 1 aliphatic rings. The van der Waals surface area contributed by atoms with E-state index in [1.807, 2.05) is 11.8 Å². The molecule has 0 saturated carbocycles. The second-order valence-corrected chi connectivity index (χ2v) is 5.95. The molecule has 0 aromatic rings. The number of nitrogens with one attached hydrogen (secondary N) is 2. The van der Waals surface area contributed by atoms with E-state index in [1.165, 1.54) is 4.90 Å². The lowest BCUT2D eigenvalue weighted by molar-refractivity contribution is -0.130. The first-order valence-electron chi connectivity index (χ1n) is 8.51. The minimum atomic E-state index is -0.0312. The zero-order valence-corrected chi connectivity index (χ0v) is 17.6. The van der Waals surface area contributed by atoms with Crippen molar-refractivity contribution in [2.24, 2.45) is 4.99 Å². The van der Waals surface area contributed by atoms with Crippen molar-refractivity contribution in [2.75, 3.05) is 40.3 Å². The number of amides is 2. The molecule has 1 unspecified atom stereocenters. The smallest absolute Gasteiger partial charge is 0.243 e. The normalized spacial score (nSPS) is 15.8. The number of carbonyl (C=O) groups excluding carboxylic acids is 2. The van der Waals surface area contributed by atoms with Gasteiger partial charge in [-0.3, -0.25) is 9.59 Å². The first-order valence-corrected chi connectivity index (χ1v) is 8.51. The van der Waals surface area contributed by atoms with Crippen molar-refractivity contribution < 1.29 is 9.59 Å². The third-order valence-corrected chi connectivity index (χ3v) is 4.01. The topological polar surface area (TPSA) is 77.0 Å². The number of halogens is 1. The average Bonchev–Trinajstić information content (AvgIpc) is 2.94. The van der Waals surface area contributed by atoms with E-state index in [4.69, 9.17) is 0 Å². The van der Waals surface area contributed by atoms with E-state index in [0.29, 0.717) is 12.4 Å². The molecular weight excluding hydrogens is 421 g/mol. The Hall–Kier alpha value is -1.06. The van der Waals surface area contributed by atoms with Crippen molar-refractivity contribution in [2.45, 2.75) is 45.6 Å². The molecule has 1 heterocycles. The van der Waals surface area contributed by atoms with E-state index in [-0.39, 0.29) is 48.4 Å². The van der Waals surface area contributed by atoms with Gasteiger partial charge in [0.2, 0.25) is 11.8 Å². The van der Waals surface area contributed by atoms with E-state index < -0.39 is 0 Å². The lowest BCUT2D eigenvalue weighted by Gasteiger charge is -2.27. The lowest BCUT2D eigenvalue weighted by Crippen LogP contribution is -2.42. The van der Waals surface area contributed by atoms with Crippen molar-refractivity contribution in [1.82, 2.24) is 20.4 Å². The summed E-state index contributed by atoms with van der Waals surface area (Å²) in [4.78, 5) is 31.3. The second kappa shape index (κ2) is 12.3. The Bertz CT molecular complexity index is 429. The Balaban J connectivity index is 0.00000529. The van der Waals surface area contributed by atoms with Crippen LogP contribution >= 0.6 is 24.0 Å². The standard InChI is InChI=1S/C16H31N5O2.HI/c1-5-13(21-11-7-8-14(21)22)9-10-18-16(17-6-2)19-12-15(23)20(3)4;/h13H,5-12H2,1-4H3,(H2,17,18,19);1H. The molecule has 1 aliphatic heterocycles. The summed E-state index contributed by atoms with van der Waals surface area (Å²) in [6.07, 6.45) is 3.49. The third kappa shape index (κ3) is 7.67. The predicted molar refractivity (Wildman–Crippen MR) is 108 cm³/mol. The van der Waals surface area contributed by atoms with Gasteiger partial charge in [-0.25, -0.2) is 4.99 Å². The summed E-state index contributed by atoms with van der Waals surface area (Å²) in [7, 11) is 3.44. The van der Waals surface area contributed by atoms with Gasteiger partial charge in [-0.1, -0.05) is 6.92 Å². The van der Waals surface area contributed by atoms with E-state index in [2.05, 4.69) is 22.5 Å². The summed E-state index contributed by atoms with van der Waals surface area (Å²) in [5.74, 6) is 0.885. The molecule has 1 saturated heterocycles. The largest absolute Gasteiger partial charge is 0.357 e. The van der Waals surface area contributed by atoms with Crippen molar-refractivity contribution in [3.05, 3.63) is 0 Å². The van der Waals surface area contributed by atoms with Gasteiger partial charge in [0, 0.05) is 46.2 Å². The summed E-state index contributed by atoms with van der Waals surface area (Å²) in [6, 6.07) is 0.281. The summed E-state index contributed by atoms with van der Waals surface area (Å²) in [5, 5.41) is 6.38. The van der Waals surface area contributed by atoms with E-state index >= 15 is 0 Å². The van der Waals surface area contributed by atoms with Gasteiger partial charge in [0.25, 0.3) is 0 Å². The van der Waals surface area contributed by atoms with E-state index in [1.54, 1.807) is 14.1 Å². The van der Waals surface area contributed by atoms with Gasteiger partial charge in [0.1, 0.15) is 6.54 Å². The highest BCUT2D eigenvalue weighted by Crippen LogP contribution is 2.17. The number of guanidine groups is 1. The Morgan fingerprint density at radius 3 is 2.54 bits per heavy atom. The van der Waals surface area contributed by atoms with Gasteiger partial charge in [0.15, 0.2) is 5.96 Å². The van der Waals surface area contributed by atoms with Gasteiger partial charge in [-0.15, -0.1) is 24.0 Å². The maximum Gasteiger partial charge on any atom is 0.243 e. The molecule has 1 atom stereocenters. The van der Waals surface area contributed by atoms with Crippen molar-refractivity contribution in [3.63, 3.8) is 0 Å². The number of aliphatic imine (C=N–C) groups is 1. The summed E-state index contributed by atoms with van der Waals surface area (Å²) in [5.41, 5.74) is 0. The molecule has 2 amide bonds. The molecule has 0 spiro atoms.